The molecular formula is C15H14N2O. The van der Waals surface area contributed by atoms with Crippen molar-refractivity contribution in [1.82, 2.24) is 0 Å². The van der Waals surface area contributed by atoms with Crippen LogP contribution < -0.4 is 5.32 Å². The molecule has 3 heteroatoms. The van der Waals surface area contributed by atoms with E-state index >= 15 is 0 Å². The van der Waals surface area contributed by atoms with Crippen LogP contribution in [0.15, 0.2) is 65.7 Å². The lowest BCUT2D eigenvalue weighted by Gasteiger charge is -2.12. The summed E-state index contributed by atoms with van der Waals surface area (Å²) >= 11 is 0. The number of para-hydroxylation sites is 1. The molecule has 1 atom stereocenters. The van der Waals surface area contributed by atoms with Crippen LogP contribution >= 0.6 is 0 Å². The lowest BCUT2D eigenvalue weighted by atomic mass is 10.1. The summed E-state index contributed by atoms with van der Waals surface area (Å²) in [6.45, 7) is 0.666. The van der Waals surface area contributed by atoms with Crippen LogP contribution in [0.4, 0.5) is 5.69 Å². The first-order chi connectivity index (χ1) is 8.92. The highest BCUT2D eigenvalue weighted by atomic mass is 16.5. The van der Waals surface area contributed by atoms with E-state index in [0.29, 0.717) is 12.6 Å². The molecule has 1 N–H and O–H groups in total. The van der Waals surface area contributed by atoms with Crippen LogP contribution in [0.25, 0.3) is 0 Å². The number of benzene rings is 2. The van der Waals surface area contributed by atoms with Gasteiger partial charge in [0, 0.05) is 5.69 Å². The minimum absolute atomic E-state index is 0.0254. The maximum Gasteiger partial charge on any atom is 0.290 e. The number of ether oxygens (including phenoxy) is 1. The van der Waals surface area contributed by atoms with Crippen LogP contribution in [0.5, 0.6) is 0 Å². The van der Waals surface area contributed by atoms with Crippen molar-refractivity contribution in [3.05, 3.63) is 66.2 Å². The quantitative estimate of drug-likeness (QED) is 0.871. The Morgan fingerprint density at radius 3 is 2.33 bits per heavy atom. The fourth-order valence-electron chi connectivity index (χ4n) is 1.93. The zero-order chi connectivity index (χ0) is 12.2. The minimum atomic E-state index is 0.0254. The van der Waals surface area contributed by atoms with Crippen molar-refractivity contribution < 1.29 is 4.74 Å². The second-order valence-corrected chi connectivity index (χ2v) is 4.15. The molecule has 1 aliphatic rings. The average Bonchev–Trinajstić information content (AvgIpc) is 2.89. The van der Waals surface area contributed by atoms with Gasteiger partial charge < -0.3 is 10.1 Å². The highest BCUT2D eigenvalue weighted by molar-refractivity contribution is 5.90. The lowest BCUT2D eigenvalue weighted by Crippen LogP contribution is -2.13. The molecule has 0 aromatic heterocycles. The molecule has 1 heterocycles. The Labute approximate surface area is 106 Å². The van der Waals surface area contributed by atoms with E-state index in [2.05, 4.69) is 22.4 Å². The van der Waals surface area contributed by atoms with Crippen LogP contribution in [0.2, 0.25) is 0 Å². The topological polar surface area (TPSA) is 33.6 Å². The summed E-state index contributed by atoms with van der Waals surface area (Å²) in [5, 5.41) is 3.17. The van der Waals surface area contributed by atoms with Gasteiger partial charge in [0.25, 0.3) is 6.02 Å². The largest absolute Gasteiger partial charge is 0.455 e. The van der Waals surface area contributed by atoms with E-state index in [4.69, 9.17) is 4.74 Å². The van der Waals surface area contributed by atoms with Gasteiger partial charge in [-0.05, 0) is 17.7 Å². The Hall–Kier alpha value is -2.29. The summed E-state index contributed by atoms with van der Waals surface area (Å²) in [6.07, 6.45) is 0.0254. The molecule has 3 rings (SSSR count). The molecule has 3 nitrogen and oxygen atoms in total. The third-order valence-corrected chi connectivity index (χ3v) is 2.85. The van der Waals surface area contributed by atoms with Crippen LogP contribution in [0, 0.1) is 0 Å². The van der Waals surface area contributed by atoms with Crippen molar-refractivity contribution in [1.29, 1.82) is 0 Å². The standard InChI is InChI=1S/C15H14N2O/c1-3-7-12(8-4-1)14-11-16-15(18-14)17-13-9-5-2-6-10-13/h1-10,14H,11H2,(H,16,17). The Morgan fingerprint density at radius 1 is 0.944 bits per heavy atom. The van der Waals surface area contributed by atoms with E-state index in [9.17, 15) is 0 Å². The summed E-state index contributed by atoms with van der Waals surface area (Å²) in [6, 6.07) is 20.7. The summed E-state index contributed by atoms with van der Waals surface area (Å²) in [5.74, 6) is 0. The van der Waals surface area contributed by atoms with E-state index in [0.717, 1.165) is 11.3 Å². The van der Waals surface area contributed by atoms with E-state index in [1.807, 2.05) is 48.5 Å². The molecule has 0 saturated heterocycles. The molecule has 2 aromatic rings. The Kier molecular flexibility index (Phi) is 2.96. The van der Waals surface area contributed by atoms with Gasteiger partial charge in [0.2, 0.25) is 0 Å². The van der Waals surface area contributed by atoms with Crippen LogP contribution in [-0.4, -0.2) is 12.6 Å². The van der Waals surface area contributed by atoms with Gasteiger partial charge in [0.15, 0.2) is 0 Å². The van der Waals surface area contributed by atoms with Crippen LogP contribution in [0.1, 0.15) is 11.7 Å². The summed E-state index contributed by atoms with van der Waals surface area (Å²) in [5.41, 5.74) is 2.15. The predicted molar refractivity (Wildman–Crippen MR) is 72.6 cm³/mol. The highest BCUT2D eigenvalue weighted by Crippen LogP contribution is 2.23. The van der Waals surface area contributed by atoms with E-state index in [1.54, 1.807) is 0 Å². The number of anilines is 1. The fourth-order valence-corrected chi connectivity index (χ4v) is 1.93. The van der Waals surface area contributed by atoms with E-state index < -0.39 is 0 Å². The van der Waals surface area contributed by atoms with E-state index in [1.165, 1.54) is 0 Å². The molecule has 0 fully saturated rings. The molecule has 0 spiro atoms. The normalized spacial score (nSPS) is 18.0. The Morgan fingerprint density at radius 2 is 1.61 bits per heavy atom. The van der Waals surface area contributed by atoms with Gasteiger partial charge in [-0.1, -0.05) is 48.5 Å². The van der Waals surface area contributed by atoms with Gasteiger partial charge in [-0.2, -0.15) is 0 Å². The fraction of sp³-hybridized carbons (Fsp3) is 0.133. The number of nitrogens with zero attached hydrogens (tertiary/aromatic N) is 1. The number of aliphatic imine (C=N–C) groups is 1. The maximum atomic E-state index is 5.79. The van der Waals surface area contributed by atoms with Gasteiger partial charge in [0.1, 0.15) is 6.10 Å². The van der Waals surface area contributed by atoms with Crippen molar-refractivity contribution >= 4 is 11.7 Å². The Balaban J connectivity index is 1.65. The molecule has 0 aliphatic carbocycles. The first-order valence-corrected chi connectivity index (χ1v) is 6.00. The maximum absolute atomic E-state index is 5.79. The van der Waals surface area contributed by atoms with Crippen molar-refractivity contribution in [2.45, 2.75) is 6.10 Å². The summed E-state index contributed by atoms with van der Waals surface area (Å²) < 4.78 is 5.79. The second kappa shape index (κ2) is 4.92. The molecular weight excluding hydrogens is 224 g/mol. The number of amidine groups is 1. The van der Waals surface area contributed by atoms with Gasteiger partial charge >= 0.3 is 0 Å². The molecule has 0 saturated carbocycles. The van der Waals surface area contributed by atoms with Gasteiger partial charge in [-0.25, -0.2) is 4.99 Å². The molecule has 90 valence electrons. The number of nitrogens with one attached hydrogen (secondary N) is 1. The van der Waals surface area contributed by atoms with Crippen LogP contribution in [-0.2, 0) is 4.74 Å². The monoisotopic (exact) mass is 238 g/mol. The third-order valence-electron chi connectivity index (χ3n) is 2.85. The van der Waals surface area contributed by atoms with Crippen molar-refractivity contribution in [2.24, 2.45) is 4.99 Å². The lowest BCUT2D eigenvalue weighted by molar-refractivity contribution is 0.229. The predicted octanol–water partition coefficient (Wildman–Crippen LogP) is 3.23. The zero-order valence-electron chi connectivity index (χ0n) is 9.91. The van der Waals surface area contributed by atoms with Crippen LogP contribution in [0.3, 0.4) is 0 Å². The molecule has 1 aliphatic heterocycles. The van der Waals surface area contributed by atoms with Crippen molar-refractivity contribution in [3.8, 4) is 0 Å². The average molecular weight is 238 g/mol. The smallest absolute Gasteiger partial charge is 0.290 e. The van der Waals surface area contributed by atoms with Gasteiger partial charge in [-0.3, -0.25) is 0 Å². The molecule has 1 unspecified atom stereocenters. The van der Waals surface area contributed by atoms with E-state index in [-0.39, 0.29) is 6.10 Å². The molecule has 0 radical (unpaired) electrons. The summed E-state index contributed by atoms with van der Waals surface area (Å²) in [7, 11) is 0. The molecule has 2 aromatic carbocycles. The highest BCUT2D eigenvalue weighted by Gasteiger charge is 2.21. The first-order valence-electron chi connectivity index (χ1n) is 6.00. The number of rotatable bonds is 2. The minimum Gasteiger partial charge on any atom is -0.455 e. The third kappa shape index (κ3) is 2.35. The van der Waals surface area contributed by atoms with Crippen molar-refractivity contribution in [2.75, 3.05) is 11.9 Å². The number of hydrogen-bond acceptors (Lipinski definition) is 3. The number of hydrogen-bond donors (Lipinski definition) is 1. The Bertz CT molecular complexity index is 537. The molecule has 18 heavy (non-hydrogen) atoms. The van der Waals surface area contributed by atoms with Crippen molar-refractivity contribution in [3.63, 3.8) is 0 Å². The van der Waals surface area contributed by atoms with Gasteiger partial charge in [-0.15, -0.1) is 0 Å². The first kappa shape index (κ1) is 10.8. The summed E-state index contributed by atoms with van der Waals surface area (Å²) in [4.78, 5) is 4.37. The van der Waals surface area contributed by atoms with Gasteiger partial charge in [0.05, 0.1) is 6.54 Å². The zero-order valence-corrected chi connectivity index (χ0v) is 9.91. The SMILES string of the molecule is c1ccc(NC2=NCC(c3ccccc3)O2)cc1. The molecule has 0 amide bonds. The molecule has 0 bridgehead atoms. The second-order valence-electron chi connectivity index (χ2n) is 4.15.